The number of hydrogen-bond acceptors (Lipinski definition) is 4. The lowest BCUT2D eigenvalue weighted by Gasteiger charge is -2.21. The molecule has 0 aliphatic carbocycles. The number of benzene rings is 1. The summed E-state index contributed by atoms with van der Waals surface area (Å²) in [5.41, 5.74) is 0.528. The van der Waals surface area contributed by atoms with Gasteiger partial charge in [-0.3, -0.25) is 0 Å². The minimum Gasteiger partial charge on any atom is -0.423 e. The molecule has 0 bridgehead atoms. The largest absolute Gasteiger partial charge is 0.488 e. The van der Waals surface area contributed by atoms with Gasteiger partial charge in [-0.25, -0.2) is 0 Å². The quantitative estimate of drug-likeness (QED) is 0.440. The highest BCUT2D eigenvalue weighted by molar-refractivity contribution is 7.99. The fraction of sp³-hybridized carbons (Fsp3) is 0.500. The first-order chi connectivity index (χ1) is 9.44. The normalized spacial score (nSPS) is 11.2. The van der Waals surface area contributed by atoms with Gasteiger partial charge in [0, 0.05) is 19.4 Å². The highest BCUT2D eigenvalue weighted by Gasteiger charge is 2.19. The first-order valence-corrected chi connectivity index (χ1v) is 11.3. The van der Waals surface area contributed by atoms with E-state index >= 15 is 0 Å². The number of rotatable bonds is 8. The Bertz CT molecular complexity index is 445. The molecule has 0 spiro atoms. The number of nitrogens with zero attached hydrogens (tertiary/aromatic N) is 1. The molecule has 20 heavy (non-hydrogen) atoms. The summed E-state index contributed by atoms with van der Waals surface area (Å²) in [6.45, 7) is 4.77. The first-order valence-electron chi connectivity index (χ1n) is 6.90. The van der Waals surface area contributed by atoms with Crippen molar-refractivity contribution in [2.45, 2.75) is 42.9 Å². The molecular formula is C14H22BNO2SSi. The van der Waals surface area contributed by atoms with Crippen LogP contribution in [0.5, 0.6) is 0 Å². The van der Waals surface area contributed by atoms with Crippen LogP contribution < -0.4 is 5.46 Å². The monoisotopic (exact) mass is 307 g/mol. The molecular weight excluding hydrogens is 285 g/mol. The lowest BCUT2D eigenvalue weighted by Crippen LogP contribution is -2.29. The molecule has 6 heteroatoms. The summed E-state index contributed by atoms with van der Waals surface area (Å²) in [6.07, 6.45) is 1.71. The van der Waals surface area contributed by atoms with E-state index in [0.717, 1.165) is 17.1 Å². The van der Waals surface area contributed by atoms with Crippen LogP contribution in [0.4, 0.5) is 0 Å². The molecule has 0 aliphatic heterocycles. The van der Waals surface area contributed by atoms with Crippen molar-refractivity contribution in [3.63, 3.8) is 0 Å². The summed E-state index contributed by atoms with van der Waals surface area (Å²) in [7, 11) is -2.56. The van der Waals surface area contributed by atoms with Gasteiger partial charge in [-0.15, -0.1) is 11.8 Å². The molecule has 1 aromatic carbocycles. The van der Waals surface area contributed by atoms with Crippen molar-refractivity contribution in [2.24, 2.45) is 0 Å². The van der Waals surface area contributed by atoms with E-state index in [1.165, 1.54) is 12.1 Å². The summed E-state index contributed by atoms with van der Waals surface area (Å²) < 4.78 is 0. The number of unbranched alkanes of at least 4 members (excludes halogenated alkanes) is 1. The van der Waals surface area contributed by atoms with Crippen LogP contribution in [0, 0.1) is 11.3 Å². The molecule has 2 N–H and O–H groups in total. The van der Waals surface area contributed by atoms with E-state index < -0.39 is 15.2 Å². The minimum absolute atomic E-state index is 0.528. The smallest absolute Gasteiger partial charge is 0.423 e. The number of nitriles is 1. The molecule has 1 rings (SSSR count). The molecule has 0 aliphatic rings. The van der Waals surface area contributed by atoms with E-state index in [4.69, 9.17) is 15.3 Å². The van der Waals surface area contributed by atoms with Crippen LogP contribution in [-0.4, -0.2) is 31.0 Å². The number of hydrogen-bond donors (Lipinski definition) is 2. The number of thioether (sulfide) groups is 1. The average Bonchev–Trinajstić information content (AvgIpc) is 2.39. The maximum Gasteiger partial charge on any atom is 0.488 e. The first kappa shape index (κ1) is 17.3. The van der Waals surface area contributed by atoms with Crippen LogP contribution in [0.25, 0.3) is 0 Å². The Hall–Kier alpha value is -0.738. The van der Waals surface area contributed by atoms with Gasteiger partial charge in [0.1, 0.15) is 0 Å². The molecule has 0 saturated carbocycles. The van der Waals surface area contributed by atoms with Crippen LogP contribution in [0.3, 0.4) is 0 Å². The molecule has 0 aromatic heterocycles. The maximum atomic E-state index is 9.03. The lowest BCUT2D eigenvalue weighted by molar-refractivity contribution is 0.426. The second-order valence-corrected chi connectivity index (χ2v) is 12.2. The van der Waals surface area contributed by atoms with Crippen molar-refractivity contribution >= 4 is 32.4 Å². The van der Waals surface area contributed by atoms with Gasteiger partial charge in [0.05, 0.1) is 6.07 Å². The Morgan fingerprint density at radius 2 is 1.85 bits per heavy atom. The van der Waals surface area contributed by atoms with E-state index in [0.29, 0.717) is 11.9 Å². The fourth-order valence-corrected chi connectivity index (χ4v) is 6.52. The van der Waals surface area contributed by atoms with Gasteiger partial charge in [0.2, 0.25) is 0 Å². The van der Waals surface area contributed by atoms with Crippen molar-refractivity contribution in [2.75, 3.05) is 5.75 Å². The highest BCUT2D eigenvalue weighted by Crippen LogP contribution is 2.24. The van der Waals surface area contributed by atoms with Crippen LogP contribution in [-0.2, 0) is 0 Å². The minimum atomic E-state index is -1.39. The second-order valence-electron chi connectivity index (χ2n) is 5.72. The standard InChI is InChI=1S/C14H22BNO2SSi/c1-20(2,11-4-3-9-16)12-10-19-14-7-5-13(6-8-14)15(17)18/h5-8,17-18H,3-4,10-12H2,1-2H3. The third-order valence-electron chi connectivity index (χ3n) is 3.37. The predicted octanol–water partition coefficient (Wildman–Crippen LogP) is 2.47. The third kappa shape index (κ3) is 6.62. The summed E-state index contributed by atoms with van der Waals surface area (Å²) in [4.78, 5) is 1.16. The van der Waals surface area contributed by atoms with Crippen molar-refractivity contribution in [3.05, 3.63) is 24.3 Å². The van der Waals surface area contributed by atoms with Crippen LogP contribution in [0.2, 0.25) is 25.2 Å². The molecule has 108 valence electrons. The summed E-state index contributed by atoms with van der Waals surface area (Å²) in [5, 5.41) is 26.6. The van der Waals surface area contributed by atoms with Crippen LogP contribution in [0.15, 0.2) is 29.2 Å². The zero-order valence-electron chi connectivity index (χ0n) is 12.2. The van der Waals surface area contributed by atoms with E-state index in [-0.39, 0.29) is 0 Å². The summed E-state index contributed by atoms with van der Waals surface area (Å²) in [6, 6.07) is 12.0. The molecule has 0 amide bonds. The van der Waals surface area contributed by atoms with Crippen LogP contribution in [0.1, 0.15) is 12.8 Å². The van der Waals surface area contributed by atoms with Gasteiger partial charge >= 0.3 is 7.12 Å². The Balaban J connectivity index is 2.34. The second kappa shape index (κ2) is 8.53. The van der Waals surface area contributed by atoms with Crippen molar-refractivity contribution in [1.82, 2.24) is 0 Å². The average molecular weight is 307 g/mol. The third-order valence-corrected chi connectivity index (χ3v) is 8.05. The summed E-state index contributed by atoms with van der Waals surface area (Å²) in [5.74, 6) is 1.09. The van der Waals surface area contributed by atoms with Gasteiger partial charge in [-0.05, 0) is 35.8 Å². The molecule has 0 heterocycles. The Morgan fingerprint density at radius 3 is 2.40 bits per heavy atom. The zero-order valence-corrected chi connectivity index (χ0v) is 14.0. The van der Waals surface area contributed by atoms with E-state index in [1.807, 2.05) is 23.9 Å². The molecule has 0 fully saturated rings. The van der Waals surface area contributed by atoms with Gasteiger partial charge in [0.15, 0.2) is 0 Å². The van der Waals surface area contributed by atoms with E-state index in [9.17, 15) is 0 Å². The lowest BCUT2D eigenvalue weighted by atomic mass is 9.81. The Labute approximate surface area is 127 Å². The SMILES string of the molecule is C[Si](C)(CCCC#N)CCSc1ccc(B(O)O)cc1. The zero-order chi connectivity index (χ0) is 15.0. The highest BCUT2D eigenvalue weighted by atomic mass is 32.2. The molecule has 1 aromatic rings. The molecule has 0 saturated heterocycles. The van der Waals surface area contributed by atoms with Gasteiger partial charge in [-0.1, -0.05) is 31.3 Å². The Kier molecular flexibility index (Phi) is 7.38. The molecule has 3 nitrogen and oxygen atoms in total. The fourth-order valence-electron chi connectivity index (χ4n) is 1.95. The van der Waals surface area contributed by atoms with Gasteiger partial charge in [0.25, 0.3) is 0 Å². The molecule has 0 unspecified atom stereocenters. The van der Waals surface area contributed by atoms with Crippen molar-refractivity contribution in [1.29, 1.82) is 5.26 Å². The topological polar surface area (TPSA) is 64.2 Å². The van der Waals surface area contributed by atoms with E-state index in [2.05, 4.69) is 19.2 Å². The summed E-state index contributed by atoms with van der Waals surface area (Å²) >= 11 is 1.81. The van der Waals surface area contributed by atoms with E-state index in [1.54, 1.807) is 12.1 Å². The van der Waals surface area contributed by atoms with Gasteiger partial charge < -0.3 is 10.0 Å². The predicted molar refractivity (Wildman–Crippen MR) is 88.9 cm³/mol. The van der Waals surface area contributed by atoms with Crippen molar-refractivity contribution < 1.29 is 10.0 Å². The van der Waals surface area contributed by atoms with Crippen molar-refractivity contribution in [3.8, 4) is 6.07 Å². The maximum absolute atomic E-state index is 9.03. The molecule has 0 radical (unpaired) electrons. The van der Waals surface area contributed by atoms with Gasteiger partial charge in [-0.2, -0.15) is 5.26 Å². The molecule has 0 atom stereocenters. The Morgan fingerprint density at radius 1 is 1.20 bits per heavy atom. The van der Waals surface area contributed by atoms with Crippen LogP contribution >= 0.6 is 11.8 Å².